The number of nitrogens with zero attached hydrogens (tertiary/aromatic N) is 2. The number of piperidine rings is 1. The summed E-state index contributed by atoms with van der Waals surface area (Å²) in [5, 5.41) is 8.89. The topological polar surface area (TPSA) is 113 Å². The molecule has 2 aliphatic rings. The largest absolute Gasteiger partial charge is 0.369 e. The van der Waals surface area contributed by atoms with Crippen molar-refractivity contribution in [3.8, 4) is 6.07 Å². The van der Waals surface area contributed by atoms with E-state index in [1.807, 2.05) is 24.3 Å². The van der Waals surface area contributed by atoms with Crippen LogP contribution in [0.1, 0.15) is 30.4 Å². The third-order valence-electron chi connectivity index (χ3n) is 5.77. The normalized spacial score (nSPS) is 23.4. The van der Waals surface area contributed by atoms with Crippen LogP contribution in [0.5, 0.6) is 0 Å². The summed E-state index contributed by atoms with van der Waals surface area (Å²) in [6, 6.07) is 9.76. The molecule has 140 valence electrons. The van der Waals surface area contributed by atoms with Gasteiger partial charge in [0.15, 0.2) is 0 Å². The lowest BCUT2D eigenvalue weighted by Crippen LogP contribution is -2.47. The highest BCUT2D eigenvalue weighted by molar-refractivity contribution is 5.96. The molecule has 6 heteroatoms. The molecule has 1 heterocycles. The summed E-state index contributed by atoms with van der Waals surface area (Å²) in [5.74, 6) is -0.681. The van der Waals surface area contributed by atoms with E-state index in [9.17, 15) is 9.59 Å². The molecule has 1 atom stereocenters. The van der Waals surface area contributed by atoms with Crippen LogP contribution in [-0.4, -0.2) is 29.8 Å². The van der Waals surface area contributed by atoms with Crippen molar-refractivity contribution in [2.24, 2.45) is 22.8 Å². The van der Waals surface area contributed by atoms with E-state index in [0.717, 1.165) is 32.5 Å². The lowest BCUT2D eigenvalue weighted by atomic mass is 9.66. The van der Waals surface area contributed by atoms with Gasteiger partial charge in [0.05, 0.1) is 17.0 Å². The lowest BCUT2D eigenvalue weighted by Gasteiger charge is -2.42. The maximum atomic E-state index is 12.3. The highest BCUT2D eigenvalue weighted by Crippen LogP contribution is 2.42. The molecule has 0 aromatic heterocycles. The molecule has 4 N–H and O–H groups in total. The van der Waals surface area contributed by atoms with Crippen LogP contribution in [0.4, 0.5) is 0 Å². The van der Waals surface area contributed by atoms with Gasteiger partial charge in [-0.2, -0.15) is 5.26 Å². The number of primary amides is 2. The fourth-order valence-corrected chi connectivity index (χ4v) is 4.07. The molecular weight excluding hydrogens is 340 g/mol. The van der Waals surface area contributed by atoms with E-state index in [2.05, 4.69) is 11.0 Å². The Morgan fingerprint density at radius 2 is 1.85 bits per heavy atom. The average molecular weight is 364 g/mol. The van der Waals surface area contributed by atoms with Crippen LogP contribution in [0.25, 0.3) is 0 Å². The van der Waals surface area contributed by atoms with Crippen LogP contribution in [-0.2, 0) is 16.1 Å². The monoisotopic (exact) mass is 364 g/mol. The number of amides is 2. The quantitative estimate of drug-likeness (QED) is 0.826. The van der Waals surface area contributed by atoms with Gasteiger partial charge in [0, 0.05) is 12.1 Å². The van der Waals surface area contributed by atoms with Crippen molar-refractivity contribution in [2.45, 2.75) is 25.8 Å². The molecule has 1 aromatic carbocycles. The van der Waals surface area contributed by atoms with E-state index in [-0.39, 0.29) is 11.8 Å². The molecule has 2 amide bonds. The number of rotatable bonds is 5. The van der Waals surface area contributed by atoms with Crippen LogP contribution in [0.3, 0.4) is 0 Å². The van der Waals surface area contributed by atoms with Crippen molar-refractivity contribution in [1.29, 1.82) is 5.26 Å². The Labute approximate surface area is 159 Å². The third-order valence-corrected chi connectivity index (χ3v) is 5.77. The Bertz CT molecular complexity index is 827. The predicted molar refractivity (Wildman–Crippen MR) is 102 cm³/mol. The molecule has 27 heavy (non-hydrogen) atoms. The number of benzene rings is 1. The second-order valence-corrected chi connectivity index (χ2v) is 7.32. The maximum absolute atomic E-state index is 12.3. The number of nitriles is 1. The summed E-state index contributed by atoms with van der Waals surface area (Å²) in [6.07, 6.45) is 7.32. The van der Waals surface area contributed by atoms with Gasteiger partial charge < -0.3 is 11.5 Å². The van der Waals surface area contributed by atoms with Gasteiger partial charge in [-0.1, -0.05) is 30.4 Å². The first kappa shape index (κ1) is 18.9. The maximum Gasteiger partial charge on any atom is 0.248 e. The van der Waals surface area contributed by atoms with Gasteiger partial charge >= 0.3 is 0 Å². The molecule has 3 rings (SSSR count). The number of nitrogens with two attached hydrogens (primary N) is 2. The highest BCUT2D eigenvalue weighted by atomic mass is 16.1. The molecular formula is C21H24N4O2. The summed E-state index contributed by atoms with van der Waals surface area (Å²) < 4.78 is 0. The minimum atomic E-state index is -0.737. The molecule has 0 radical (unpaired) electrons. The molecule has 1 saturated heterocycles. The zero-order chi connectivity index (χ0) is 19.4. The number of carbonyl (C=O) groups excluding carboxylic acids is 2. The van der Waals surface area contributed by atoms with E-state index in [0.29, 0.717) is 17.6 Å². The van der Waals surface area contributed by atoms with E-state index in [4.69, 9.17) is 16.7 Å². The average Bonchev–Trinajstić information content (AvgIpc) is 2.69. The van der Waals surface area contributed by atoms with Crippen molar-refractivity contribution in [3.05, 3.63) is 59.2 Å². The molecule has 1 unspecified atom stereocenters. The Balaban J connectivity index is 1.63. The molecule has 0 bridgehead atoms. The van der Waals surface area contributed by atoms with Crippen LogP contribution >= 0.6 is 0 Å². The molecule has 1 aromatic rings. The van der Waals surface area contributed by atoms with Gasteiger partial charge in [0.1, 0.15) is 0 Å². The third kappa shape index (κ3) is 3.93. The van der Waals surface area contributed by atoms with Gasteiger partial charge in [-0.25, -0.2) is 0 Å². The smallest absolute Gasteiger partial charge is 0.248 e. The van der Waals surface area contributed by atoms with Crippen LogP contribution < -0.4 is 11.5 Å². The van der Waals surface area contributed by atoms with Crippen molar-refractivity contribution in [1.82, 2.24) is 4.90 Å². The minimum Gasteiger partial charge on any atom is -0.369 e. The molecule has 1 fully saturated rings. The summed E-state index contributed by atoms with van der Waals surface area (Å²) in [5.41, 5.74) is 12.6. The Hall–Kier alpha value is -2.91. The second-order valence-electron chi connectivity index (χ2n) is 7.32. The lowest BCUT2D eigenvalue weighted by molar-refractivity contribution is -0.129. The number of allylic oxidation sites excluding steroid dienone is 1. The van der Waals surface area contributed by atoms with E-state index < -0.39 is 11.3 Å². The Morgan fingerprint density at radius 3 is 2.33 bits per heavy atom. The molecule has 0 saturated carbocycles. The summed E-state index contributed by atoms with van der Waals surface area (Å²) in [7, 11) is 0. The fraction of sp³-hybridized carbons (Fsp3) is 0.381. The van der Waals surface area contributed by atoms with Crippen molar-refractivity contribution in [2.75, 3.05) is 13.1 Å². The first-order valence-electron chi connectivity index (χ1n) is 9.15. The van der Waals surface area contributed by atoms with E-state index >= 15 is 0 Å². The standard InChI is InChI=1S/C21H24N4O2/c22-13-15-1-3-16(4-2-15)14-25-11-7-18(8-12-25)21(20(24)27)9-5-17(6-10-21)19(23)26/h1-6,9,18H,7-8,10-12,14H2,(H2,23,26)(H2,24,27). The van der Waals surface area contributed by atoms with Crippen molar-refractivity contribution >= 4 is 11.8 Å². The first-order chi connectivity index (χ1) is 12.9. The molecule has 1 aliphatic carbocycles. The molecule has 1 aliphatic heterocycles. The van der Waals surface area contributed by atoms with Gasteiger partial charge in [-0.3, -0.25) is 14.5 Å². The first-order valence-corrected chi connectivity index (χ1v) is 9.15. The van der Waals surface area contributed by atoms with Gasteiger partial charge in [0.2, 0.25) is 11.8 Å². The van der Waals surface area contributed by atoms with Crippen molar-refractivity contribution in [3.63, 3.8) is 0 Å². The predicted octanol–water partition coefficient (Wildman–Crippen LogP) is 1.61. The molecule has 0 spiro atoms. The summed E-state index contributed by atoms with van der Waals surface area (Å²) in [4.78, 5) is 26.0. The second kappa shape index (κ2) is 7.77. The van der Waals surface area contributed by atoms with Crippen LogP contribution in [0.2, 0.25) is 0 Å². The summed E-state index contributed by atoms with van der Waals surface area (Å²) in [6.45, 7) is 2.57. The highest BCUT2D eigenvalue weighted by Gasteiger charge is 2.43. The van der Waals surface area contributed by atoms with E-state index in [1.54, 1.807) is 18.2 Å². The van der Waals surface area contributed by atoms with Gasteiger partial charge in [0.25, 0.3) is 0 Å². The Kier molecular flexibility index (Phi) is 5.43. The van der Waals surface area contributed by atoms with Crippen molar-refractivity contribution < 1.29 is 9.59 Å². The van der Waals surface area contributed by atoms with Gasteiger partial charge in [-0.05, 0) is 56.0 Å². The summed E-state index contributed by atoms with van der Waals surface area (Å²) >= 11 is 0. The van der Waals surface area contributed by atoms with E-state index in [1.165, 1.54) is 5.56 Å². The zero-order valence-electron chi connectivity index (χ0n) is 15.2. The molecule has 6 nitrogen and oxygen atoms in total. The van der Waals surface area contributed by atoms with Gasteiger partial charge in [-0.15, -0.1) is 0 Å². The number of hydrogen-bond donors (Lipinski definition) is 2. The van der Waals surface area contributed by atoms with Crippen LogP contribution in [0.15, 0.2) is 48.1 Å². The van der Waals surface area contributed by atoms with Crippen LogP contribution in [0, 0.1) is 22.7 Å². The number of likely N-dealkylation sites (tertiary alicyclic amines) is 1. The SMILES string of the molecule is N#Cc1ccc(CN2CCC(C3(C(N)=O)C=CC(C(N)=O)=CC3)CC2)cc1. The zero-order valence-corrected chi connectivity index (χ0v) is 15.2. The number of hydrogen-bond acceptors (Lipinski definition) is 4. The minimum absolute atomic E-state index is 0.147. The fourth-order valence-electron chi connectivity index (χ4n) is 4.07. The Morgan fingerprint density at radius 1 is 1.19 bits per heavy atom. The number of carbonyl (C=O) groups is 2.